The molecular formula is C8H10O3S. The fourth-order valence-corrected chi connectivity index (χ4v) is 1.69. The van der Waals surface area contributed by atoms with E-state index in [0.717, 1.165) is 5.56 Å². The predicted molar refractivity (Wildman–Crippen MR) is 46.4 cm³/mol. The minimum absolute atomic E-state index is 0.306. The van der Waals surface area contributed by atoms with E-state index < -0.39 is 10.1 Å². The summed E-state index contributed by atoms with van der Waals surface area (Å²) in [6.45, 7) is 1.81. The lowest BCUT2D eigenvalue weighted by molar-refractivity contribution is 0.482. The summed E-state index contributed by atoms with van der Waals surface area (Å²) in [5, 5.41) is 0. The Morgan fingerprint density at radius 1 is 1.33 bits per heavy atom. The molecule has 0 fully saturated rings. The van der Waals surface area contributed by atoms with Crippen molar-refractivity contribution < 1.29 is 13.0 Å². The molecule has 0 atom stereocenters. The normalized spacial score (nSPS) is 11.5. The van der Waals surface area contributed by atoms with Crippen molar-refractivity contribution >= 4 is 10.1 Å². The van der Waals surface area contributed by atoms with Crippen molar-refractivity contribution in [1.82, 2.24) is 0 Å². The number of benzene rings is 1. The third kappa shape index (κ3) is 2.64. The van der Waals surface area contributed by atoms with Gasteiger partial charge >= 0.3 is 0 Å². The Hall–Kier alpha value is -0.870. The molecule has 0 spiro atoms. The first-order valence-electron chi connectivity index (χ1n) is 3.49. The van der Waals surface area contributed by atoms with Crippen LogP contribution in [0.4, 0.5) is 0 Å². The van der Waals surface area contributed by atoms with Crippen LogP contribution in [0.5, 0.6) is 0 Å². The molecule has 1 N–H and O–H groups in total. The van der Waals surface area contributed by atoms with Gasteiger partial charge in [0.2, 0.25) is 0 Å². The SMILES string of the molecule is Cc1ccccc1CS(=O)(=O)O. The fraction of sp³-hybridized carbons (Fsp3) is 0.250. The number of aryl methyl sites for hydroxylation is 1. The summed E-state index contributed by atoms with van der Waals surface area (Å²) in [4.78, 5) is 0. The number of hydrogen-bond donors (Lipinski definition) is 1. The molecule has 1 aromatic rings. The summed E-state index contributed by atoms with van der Waals surface area (Å²) >= 11 is 0. The molecule has 1 aromatic carbocycles. The molecule has 0 saturated heterocycles. The molecule has 0 bridgehead atoms. The Balaban J connectivity index is 2.98. The van der Waals surface area contributed by atoms with Gasteiger partial charge in [-0.3, -0.25) is 4.55 Å². The monoisotopic (exact) mass is 186 g/mol. The fourth-order valence-electron chi connectivity index (χ4n) is 0.969. The Bertz CT molecular complexity index is 368. The van der Waals surface area contributed by atoms with E-state index in [4.69, 9.17) is 4.55 Å². The van der Waals surface area contributed by atoms with Crippen molar-refractivity contribution in [2.45, 2.75) is 12.7 Å². The molecule has 0 heterocycles. The average molecular weight is 186 g/mol. The lowest BCUT2D eigenvalue weighted by Gasteiger charge is -2.01. The summed E-state index contributed by atoms with van der Waals surface area (Å²) < 4.78 is 29.6. The molecule has 0 aliphatic heterocycles. The van der Waals surface area contributed by atoms with Crippen LogP contribution in [0.2, 0.25) is 0 Å². The van der Waals surface area contributed by atoms with E-state index in [1.165, 1.54) is 0 Å². The van der Waals surface area contributed by atoms with Gasteiger partial charge in [-0.25, -0.2) is 0 Å². The van der Waals surface area contributed by atoms with Crippen LogP contribution in [0.25, 0.3) is 0 Å². The van der Waals surface area contributed by atoms with Crippen molar-refractivity contribution in [3.8, 4) is 0 Å². The van der Waals surface area contributed by atoms with Gasteiger partial charge in [0.15, 0.2) is 0 Å². The van der Waals surface area contributed by atoms with E-state index in [1.54, 1.807) is 25.1 Å². The van der Waals surface area contributed by atoms with E-state index in [1.807, 2.05) is 6.07 Å². The Labute approximate surface area is 71.8 Å². The molecule has 0 unspecified atom stereocenters. The van der Waals surface area contributed by atoms with Crippen molar-refractivity contribution in [2.75, 3.05) is 0 Å². The van der Waals surface area contributed by atoms with Crippen LogP contribution >= 0.6 is 0 Å². The topological polar surface area (TPSA) is 54.4 Å². The van der Waals surface area contributed by atoms with Crippen LogP contribution in [0, 0.1) is 6.92 Å². The first-order chi connectivity index (χ1) is 5.49. The zero-order chi connectivity index (χ0) is 9.19. The van der Waals surface area contributed by atoms with Gasteiger partial charge in [0.1, 0.15) is 5.75 Å². The molecular weight excluding hydrogens is 176 g/mol. The number of rotatable bonds is 2. The Morgan fingerprint density at radius 3 is 2.42 bits per heavy atom. The van der Waals surface area contributed by atoms with Crippen LogP contribution < -0.4 is 0 Å². The van der Waals surface area contributed by atoms with Crippen molar-refractivity contribution in [3.05, 3.63) is 35.4 Å². The maximum Gasteiger partial charge on any atom is 0.269 e. The first kappa shape index (κ1) is 9.22. The van der Waals surface area contributed by atoms with Crippen molar-refractivity contribution in [1.29, 1.82) is 0 Å². The van der Waals surface area contributed by atoms with Gasteiger partial charge < -0.3 is 0 Å². The summed E-state index contributed by atoms with van der Waals surface area (Å²) in [5.74, 6) is -0.306. The van der Waals surface area contributed by atoms with Gasteiger partial charge in [-0.1, -0.05) is 24.3 Å². The molecule has 4 heteroatoms. The zero-order valence-corrected chi connectivity index (χ0v) is 7.50. The van der Waals surface area contributed by atoms with Crippen LogP contribution in [0.1, 0.15) is 11.1 Å². The second-order valence-electron chi connectivity index (χ2n) is 2.65. The van der Waals surface area contributed by atoms with Crippen LogP contribution in [-0.2, 0) is 15.9 Å². The van der Waals surface area contributed by atoms with Gasteiger partial charge in [-0.05, 0) is 18.1 Å². The molecule has 0 saturated carbocycles. The van der Waals surface area contributed by atoms with Gasteiger partial charge in [0.25, 0.3) is 10.1 Å². The van der Waals surface area contributed by atoms with Gasteiger partial charge in [0.05, 0.1) is 0 Å². The quantitative estimate of drug-likeness (QED) is 0.710. The molecule has 0 amide bonds. The second kappa shape index (κ2) is 3.25. The maximum atomic E-state index is 10.5. The summed E-state index contributed by atoms with van der Waals surface area (Å²) in [6.07, 6.45) is 0. The van der Waals surface area contributed by atoms with Gasteiger partial charge in [0, 0.05) is 0 Å². The average Bonchev–Trinajstić information content (AvgIpc) is 1.91. The lowest BCUT2D eigenvalue weighted by atomic mass is 10.1. The van der Waals surface area contributed by atoms with E-state index >= 15 is 0 Å². The molecule has 3 nitrogen and oxygen atoms in total. The third-order valence-corrected chi connectivity index (χ3v) is 2.27. The minimum Gasteiger partial charge on any atom is -0.285 e. The highest BCUT2D eigenvalue weighted by Crippen LogP contribution is 2.09. The largest absolute Gasteiger partial charge is 0.285 e. The molecule has 0 aromatic heterocycles. The van der Waals surface area contributed by atoms with E-state index in [0.29, 0.717) is 5.56 Å². The molecule has 1 rings (SSSR count). The van der Waals surface area contributed by atoms with Crippen LogP contribution in [0.15, 0.2) is 24.3 Å². The first-order valence-corrected chi connectivity index (χ1v) is 5.09. The molecule has 0 aliphatic rings. The highest BCUT2D eigenvalue weighted by molar-refractivity contribution is 7.85. The Kier molecular flexibility index (Phi) is 2.49. The second-order valence-corrected chi connectivity index (χ2v) is 4.11. The molecule has 66 valence electrons. The van der Waals surface area contributed by atoms with Crippen molar-refractivity contribution in [3.63, 3.8) is 0 Å². The Morgan fingerprint density at radius 2 is 1.92 bits per heavy atom. The zero-order valence-electron chi connectivity index (χ0n) is 6.69. The summed E-state index contributed by atoms with van der Waals surface area (Å²) in [5.41, 5.74) is 1.51. The highest BCUT2D eigenvalue weighted by atomic mass is 32.2. The standard InChI is InChI=1S/C8H10O3S/c1-7-4-2-3-5-8(7)6-12(9,10)11/h2-5H,6H2,1H3,(H,9,10,11). The summed E-state index contributed by atoms with van der Waals surface area (Å²) in [6, 6.07) is 7.06. The third-order valence-electron chi connectivity index (χ3n) is 1.60. The molecule has 0 radical (unpaired) electrons. The predicted octanol–water partition coefficient (Wildman–Crippen LogP) is 1.38. The lowest BCUT2D eigenvalue weighted by Crippen LogP contribution is -2.02. The van der Waals surface area contributed by atoms with Crippen LogP contribution in [0.3, 0.4) is 0 Å². The highest BCUT2D eigenvalue weighted by Gasteiger charge is 2.07. The van der Waals surface area contributed by atoms with E-state index in [9.17, 15) is 8.42 Å². The van der Waals surface area contributed by atoms with E-state index in [-0.39, 0.29) is 5.75 Å². The van der Waals surface area contributed by atoms with Gasteiger partial charge in [-0.2, -0.15) is 8.42 Å². The minimum atomic E-state index is -3.90. The number of hydrogen-bond acceptors (Lipinski definition) is 2. The van der Waals surface area contributed by atoms with E-state index in [2.05, 4.69) is 0 Å². The summed E-state index contributed by atoms with van der Waals surface area (Å²) in [7, 11) is -3.90. The smallest absolute Gasteiger partial charge is 0.269 e. The van der Waals surface area contributed by atoms with Crippen molar-refractivity contribution in [2.24, 2.45) is 0 Å². The molecule has 0 aliphatic carbocycles. The maximum absolute atomic E-state index is 10.5. The van der Waals surface area contributed by atoms with Crippen LogP contribution in [-0.4, -0.2) is 13.0 Å². The molecule has 12 heavy (non-hydrogen) atoms. The van der Waals surface area contributed by atoms with Gasteiger partial charge in [-0.15, -0.1) is 0 Å².